The summed E-state index contributed by atoms with van der Waals surface area (Å²) in [7, 11) is -6.44. The first-order valence-electron chi connectivity index (χ1n) is 14.9. The van der Waals surface area contributed by atoms with Gasteiger partial charge in [-0.05, 0) is 90.2 Å². The fourth-order valence-corrected chi connectivity index (χ4v) is 11.5. The molecule has 0 saturated carbocycles. The number of amides is 1. The lowest BCUT2D eigenvalue weighted by atomic mass is 10.0. The summed E-state index contributed by atoms with van der Waals surface area (Å²) in [6.45, 7) is 11.5. The van der Waals surface area contributed by atoms with Gasteiger partial charge < -0.3 is 5.11 Å². The molecule has 2 aliphatic rings. The number of likely N-dealkylation sites (N-methyl/N-ethyl adjacent to an activating group) is 1. The van der Waals surface area contributed by atoms with Crippen molar-refractivity contribution in [3.63, 3.8) is 0 Å². The summed E-state index contributed by atoms with van der Waals surface area (Å²) in [5.74, 6) is -0.220. The van der Waals surface area contributed by atoms with Gasteiger partial charge in [-0.15, -0.1) is 0 Å². The molecule has 2 fully saturated rings. The third kappa shape index (κ3) is 8.65. The molecule has 2 atom stereocenters. The lowest BCUT2D eigenvalue weighted by molar-refractivity contribution is -0.164. The number of carbonyl (C=O) groups excluding carboxylic acids is 1. The standard InChI is InChI=1S/C16H24N2O4S2.C15H21NO4S2/c1-12-6-8-13(9-7-12)24(21,22)18-10-5-11-23-16(2,3)14(18)15(19)17(4)20;1-11-5-7-12(8-6-11)22(19,20)16-9-4-10-21-15(2,3)13(16)14(17)18/h6-9,14,20H,5,10-11H2,1-4H3;5-8,13H,4,9-10H2,1-3H3,(H,17,18)/t14-;13-/m00/s1. The third-order valence-electron chi connectivity index (χ3n) is 7.93. The smallest absolute Gasteiger partial charge is 0.323 e. The third-order valence-corrected chi connectivity index (χ3v) is 14.6. The monoisotopic (exact) mass is 715 g/mol. The number of carboxylic acids is 1. The molecule has 1 amide bonds. The van der Waals surface area contributed by atoms with Crippen molar-refractivity contribution in [3.05, 3.63) is 59.7 Å². The molecular formula is C31H45N3O8S4. The van der Waals surface area contributed by atoms with Crippen molar-refractivity contribution in [2.24, 2.45) is 0 Å². The summed E-state index contributed by atoms with van der Waals surface area (Å²) in [4.78, 5) is 24.6. The number of hydroxylamine groups is 2. The van der Waals surface area contributed by atoms with Crippen LogP contribution in [0.2, 0.25) is 0 Å². The van der Waals surface area contributed by atoms with Crippen molar-refractivity contribution in [2.45, 2.75) is 85.8 Å². The molecule has 0 bridgehead atoms. The number of rotatable bonds is 6. The Kier molecular flexibility index (Phi) is 12.5. The molecule has 0 radical (unpaired) electrons. The Morgan fingerprint density at radius 1 is 0.739 bits per heavy atom. The number of benzene rings is 2. The van der Waals surface area contributed by atoms with E-state index < -0.39 is 53.5 Å². The number of carboxylic acid groups (broad SMARTS) is 1. The molecule has 256 valence electrons. The van der Waals surface area contributed by atoms with E-state index in [9.17, 15) is 36.7 Å². The molecular weight excluding hydrogens is 671 g/mol. The number of aliphatic carboxylic acids is 1. The number of hydrogen-bond acceptors (Lipinski definition) is 9. The first kappa shape index (κ1) is 38.3. The fourth-order valence-electron chi connectivity index (χ4n) is 5.45. The van der Waals surface area contributed by atoms with Crippen LogP contribution in [0.25, 0.3) is 0 Å². The van der Waals surface area contributed by atoms with Crippen LogP contribution in [0.3, 0.4) is 0 Å². The zero-order chi connectivity index (χ0) is 34.7. The number of sulfonamides is 2. The highest BCUT2D eigenvalue weighted by atomic mass is 32.2. The zero-order valence-electron chi connectivity index (χ0n) is 27.3. The highest BCUT2D eigenvalue weighted by molar-refractivity contribution is 8.01. The van der Waals surface area contributed by atoms with Gasteiger partial charge in [0.2, 0.25) is 20.0 Å². The van der Waals surface area contributed by atoms with Crippen LogP contribution >= 0.6 is 23.5 Å². The molecule has 0 aromatic heterocycles. The topological polar surface area (TPSA) is 153 Å². The SMILES string of the molecule is Cc1ccc(S(=O)(=O)N2CCCSC(C)(C)[C@@H]2C(=O)N(C)O)cc1.Cc1ccc(S(=O)(=O)N2CCCSC(C)(C)[C@@H]2C(=O)O)cc1. The van der Waals surface area contributed by atoms with Gasteiger partial charge in [0.25, 0.3) is 5.91 Å². The number of nitrogens with zero attached hydrogens (tertiary/aromatic N) is 3. The van der Waals surface area contributed by atoms with E-state index in [1.807, 2.05) is 27.7 Å². The van der Waals surface area contributed by atoms with Crippen LogP contribution in [0.1, 0.15) is 51.7 Å². The van der Waals surface area contributed by atoms with Crippen molar-refractivity contribution < 1.29 is 36.7 Å². The Balaban J connectivity index is 0.000000251. The number of aryl methyl sites for hydroxylation is 2. The Morgan fingerprint density at radius 3 is 1.43 bits per heavy atom. The zero-order valence-corrected chi connectivity index (χ0v) is 30.6. The largest absolute Gasteiger partial charge is 0.480 e. The van der Waals surface area contributed by atoms with Gasteiger partial charge in [-0.2, -0.15) is 32.1 Å². The predicted octanol–water partition coefficient (Wildman–Crippen LogP) is 4.47. The van der Waals surface area contributed by atoms with Crippen molar-refractivity contribution in [1.82, 2.24) is 13.7 Å². The van der Waals surface area contributed by atoms with E-state index in [1.165, 1.54) is 35.2 Å². The number of hydrogen-bond donors (Lipinski definition) is 2. The Labute approximate surface area is 281 Å². The highest BCUT2D eigenvalue weighted by Crippen LogP contribution is 2.39. The Morgan fingerprint density at radius 2 is 1.09 bits per heavy atom. The molecule has 2 saturated heterocycles. The van der Waals surface area contributed by atoms with E-state index in [0.29, 0.717) is 17.9 Å². The van der Waals surface area contributed by atoms with E-state index in [2.05, 4.69) is 0 Å². The molecule has 46 heavy (non-hydrogen) atoms. The van der Waals surface area contributed by atoms with E-state index in [-0.39, 0.29) is 22.9 Å². The van der Waals surface area contributed by atoms with Gasteiger partial charge in [-0.3, -0.25) is 14.8 Å². The van der Waals surface area contributed by atoms with Gasteiger partial charge in [-0.1, -0.05) is 35.4 Å². The molecule has 15 heteroatoms. The van der Waals surface area contributed by atoms with Gasteiger partial charge in [-0.25, -0.2) is 21.9 Å². The molecule has 0 unspecified atom stereocenters. The number of carbonyl (C=O) groups is 2. The fraction of sp³-hybridized carbons (Fsp3) is 0.548. The van der Waals surface area contributed by atoms with Crippen LogP contribution < -0.4 is 0 Å². The molecule has 11 nitrogen and oxygen atoms in total. The lowest BCUT2D eigenvalue weighted by Gasteiger charge is -2.38. The van der Waals surface area contributed by atoms with Crippen molar-refractivity contribution in [3.8, 4) is 0 Å². The minimum atomic E-state index is -3.84. The molecule has 2 aromatic rings. The van der Waals surface area contributed by atoms with Gasteiger partial charge >= 0.3 is 5.97 Å². The first-order chi connectivity index (χ1) is 21.2. The maximum Gasteiger partial charge on any atom is 0.323 e. The maximum absolute atomic E-state index is 13.1. The van der Waals surface area contributed by atoms with Gasteiger partial charge in [0.05, 0.1) is 9.79 Å². The normalized spacial score (nSPS) is 22.4. The minimum Gasteiger partial charge on any atom is -0.480 e. The lowest BCUT2D eigenvalue weighted by Crippen LogP contribution is -2.57. The Bertz CT molecular complexity index is 1590. The van der Waals surface area contributed by atoms with Crippen LogP contribution in [0, 0.1) is 13.8 Å². The molecule has 0 spiro atoms. The molecule has 0 aliphatic carbocycles. The number of thioether (sulfide) groups is 2. The van der Waals surface area contributed by atoms with Crippen LogP contribution in [0.15, 0.2) is 58.3 Å². The van der Waals surface area contributed by atoms with Crippen LogP contribution in [0.5, 0.6) is 0 Å². The van der Waals surface area contributed by atoms with E-state index in [4.69, 9.17) is 0 Å². The van der Waals surface area contributed by atoms with E-state index in [1.54, 1.807) is 62.0 Å². The minimum absolute atomic E-state index is 0.145. The second-order valence-electron chi connectivity index (χ2n) is 12.5. The van der Waals surface area contributed by atoms with Crippen molar-refractivity contribution >= 4 is 55.4 Å². The van der Waals surface area contributed by atoms with E-state index in [0.717, 1.165) is 26.9 Å². The molecule has 2 heterocycles. The van der Waals surface area contributed by atoms with Gasteiger partial charge in [0.1, 0.15) is 12.1 Å². The second-order valence-corrected chi connectivity index (χ2v) is 19.8. The molecule has 2 aromatic carbocycles. The summed E-state index contributed by atoms with van der Waals surface area (Å²) in [6, 6.07) is 11.1. The summed E-state index contributed by atoms with van der Waals surface area (Å²) in [5, 5.41) is 19.7. The average Bonchev–Trinajstić information content (AvgIpc) is 3.23. The van der Waals surface area contributed by atoms with E-state index >= 15 is 0 Å². The summed E-state index contributed by atoms with van der Waals surface area (Å²) >= 11 is 3.06. The van der Waals surface area contributed by atoms with Crippen LogP contribution in [-0.4, -0.2) is 106 Å². The molecule has 4 rings (SSSR count). The van der Waals surface area contributed by atoms with Gasteiger partial charge in [0, 0.05) is 29.6 Å². The van der Waals surface area contributed by atoms with Gasteiger partial charge in [0.15, 0.2) is 0 Å². The maximum atomic E-state index is 13.1. The van der Waals surface area contributed by atoms with Crippen LogP contribution in [-0.2, 0) is 29.6 Å². The second kappa shape index (κ2) is 15.0. The molecule has 2 aliphatic heterocycles. The summed E-state index contributed by atoms with van der Waals surface area (Å²) in [5.41, 5.74) is 1.92. The summed E-state index contributed by atoms with van der Waals surface area (Å²) < 4.78 is 53.2. The average molecular weight is 716 g/mol. The quantitative estimate of drug-likeness (QED) is 0.324. The molecule has 2 N–H and O–H groups in total. The van der Waals surface area contributed by atoms with Crippen molar-refractivity contribution in [1.29, 1.82) is 0 Å². The van der Waals surface area contributed by atoms with Crippen LogP contribution in [0.4, 0.5) is 0 Å². The predicted molar refractivity (Wildman–Crippen MR) is 182 cm³/mol. The van der Waals surface area contributed by atoms with Crippen molar-refractivity contribution in [2.75, 3.05) is 31.6 Å². The Hall–Kier alpha value is -2.14. The summed E-state index contributed by atoms with van der Waals surface area (Å²) in [6.07, 6.45) is 1.29. The highest BCUT2D eigenvalue weighted by Gasteiger charge is 2.48. The first-order valence-corrected chi connectivity index (χ1v) is 19.7.